The number of rotatable bonds is 2. The van der Waals surface area contributed by atoms with Crippen LogP contribution in [0, 0.1) is 5.92 Å². The highest BCUT2D eigenvalue weighted by atomic mass is 16.2. The summed E-state index contributed by atoms with van der Waals surface area (Å²) in [6, 6.07) is 24.9. The van der Waals surface area contributed by atoms with Crippen molar-refractivity contribution in [3.8, 4) is 0 Å². The lowest BCUT2D eigenvalue weighted by atomic mass is 9.83. The second-order valence-corrected chi connectivity index (χ2v) is 5.88. The minimum Gasteiger partial charge on any atom is -0.304 e. The quantitative estimate of drug-likeness (QED) is 0.632. The molecule has 3 aromatic carbocycles. The van der Waals surface area contributed by atoms with E-state index < -0.39 is 0 Å². The molecular weight excluding hydrogens is 270 g/mol. The van der Waals surface area contributed by atoms with E-state index in [0.29, 0.717) is 0 Å². The van der Waals surface area contributed by atoms with Crippen LogP contribution in [0.3, 0.4) is 0 Å². The number of hydrogen-bond donors (Lipinski definition) is 0. The molecule has 3 aromatic rings. The van der Waals surface area contributed by atoms with Crippen LogP contribution in [-0.2, 0) is 4.79 Å². The van der Waals surface area contributed by atoms with Crippen LogP contribution >= 0.6 is 0 Å². The molecule has 0 aliphatic carbocycles. The zero-order valence-corrected chi connectivity index (χ0v) is 12.4. The first-order valence-corrected chi connectivity index (χ1v) is 7.62. The predicted octanol–water partition coefficient (Wildman–Crippen LogP) is 4.56. The molecule has 4 rings (SSSR count). The van der Waals surface area contributed by atoms with Gasteiger partial charge in [-0.05, 0) is 28.5 Å². The first-order chi connectivity index (χ1) is 10.8. The van der Waals surface area contributed by atoms with Gasteiger partial charge in [-0.3, -0.25) is 4.79 Å². The maximum absolute atomic E-state index is 12.4. The summed E-state index contributed by atoms with van der Waals surface area (Å²) in [7, 11) is 0. The van der Waals surface area contributed by atoms with Crippen molar-refractivity contribution in [2.75, 3.05) is 4.90 Å². The summed E-state index contributed by atoms with van der Waals surface area (Å²) in [4.78, 5) is 14.3. The Morgan fingerprint density at radius 3 is 2.27 bits per heavy atom. The van der Waals surface area contributed by atoms with Crippen molar-refractivity contribution >= 4 is 22.4 Å². The Hall–Kier alpha value is -2.61. The summed E-state index contributed by atoms with van der Waals surface area (Å²) in [6.45, 7) is 2.01. The van der Waals surface area contributed by atoms with E-state index >= 15 is 0 Å². The fourth-order valence-corrected chi connectivity index (χ4v) is 3.34. The van der Waals surface area contributed by atoms with Gasteiger partial charge in [0, 0.05) is 5.69 Å². The summed E-state index contributed by atoms with van der Waals surface area (Å²) in [5.41, 5.74) is 2.18. The first kappa shape index (κ1) is 13.1. The maximum atomic E-state index is 12.4. The minimum atomic E-state index is 0.0360. The van der Waals surface area contributed by atoms with Gasteiger partial charge in [0.05, 0.1) is 12.0 Å². The summed E-state index contributed by atoms with van der Waals surface area (Å²) in [6.07, 6.45) is 0. The third kappa shape index (κ3) is 1.92. The molecule has 0 radical (unpaired) electrons. The van der Waals surface area contributed by atoms with Gasteiger partial charge in [0.1, 0.15) is 0 Å². The molecule has 1 saturated heterocycles. The Bertz CT molecular complexity index is 840. The van der Waals surface area contributed by atoms with Crippen LogP contribution in [-0.4, -0.2) is 5.91 Å². The molecule has 1 aliphatic rings. The molecule has 1 heterocycles. The minimum absolute atomic E-state index is 0.0360. The van der Waals surface area contributed by atoms with E-state index in [1.807, 2.05) is 48.2 Å². The van der Waals surface area contributed by atoms with Gasteiger partial charge in [0.2, 0.25) is 5.91 Å². The van der Waals surface area contributed by atoms with Crippen molar-refractivity contribution in [3.63, 3.8) is 0 Å². The Balaban J connectivity index is 1.77. The fourth-order valence-electron chi connectivity index (χ4n) is 3.34. The lowest BCUT2D eigenvalue weighted by molar-refractivity contribution is -0.129. The Morgan fingerprint density at radius 2 is 1.50 bits per heavy atom. The second-order valence-electron chi connectivity index (χ2n) is 5.88. The average Bonchev–Trinajstić information content (AvgIpc) is 2.59. The maximum Gasteiger partial charge on any atom is 0.232 e. The fraction of sp³-hybridized carbons (Fsp3) is 0.150. The molecule has 0 unspecified atom stereocenters. The summed E-state index contributed by atoms with van der Waals surface area (Å²) in [5, 5.41) is 2.36. The summed E-state index contributed by atoms with van der Waals surface area (Å²) < 4.78 is 0. The molecular formula is C20H17NO. The normalized spacial score (nSPS) is 21.0. The first-order valence-electron chi connectivity index (χ1n) is 7.62. The van der Waals surface area contributed by atoms with Gasteiger partial charge in [-0.15, -0.1) is 0 Å². The molecule has 2 nitrogen and oxygen atoms in total. The van der Waals surface area contributed by atoms with Crippen molar-refractivity contribution in [3.05, 3.63) is 78.4 Å². The molecule has 22 heavy (non-hydrogen) atoms. The molecule has 0 bridgehead atoms. The van der Waals surface area contributed by atoms with Crippen molar-refractivity contribution in [1.29, 1.82) is 0 Å². The zero-order valence-electron chi connectivity index (χ0n) is 12.4. The monoisotopic (exact) mass is 287 g/mol. The molecule has 0 saturated carbocycles. The molecule has 2 heteroatoms. The summed E-state index contributed by atoms with van der Waals surface area (Å²) >= 11 is 0. The molecule has 0 aromatic heterocycles. The van der Waals surface area contributed by atoms with Crippen LogP contribution in [0.4, 0.5) is 5.69 Å². The van der Waals surface area contributed by atoms with Crippen LogP contribution in [0.15, 0.2) is 72.8 Å². The highest BCUT2D eigenvalue weighted by Gasteiger charge is 2.45. The number of fused-ring (bicyclic) bond motifs is 1. The standard InChI is InChI=1S/C20H17NO/c1-14-19(16-8-3-2-4-9-16)21(20(14)22)18-12-11-15-7-5-6-10-17(15)13-18/h2-14,19H,1H3/t14-,19-/m1/s1. The van der Waals surface area contributed by atoms with Crippen LogP contribution in [0.25, 0.3) is 10.8 Å². The predicted molar refractivity (Wildman–Crippen MR) is 89.8 cm³/mol. The lowest BCUT2D eigenvalue weighted by Gasteiger charge is -2.46. The van der Waals surface area contributed by atoms with E-state index in [-0.39, 0.29) is 17.9 Å². The number of benzene rings is 3. The highest BCUT2D eigenvalue weighted by Crippen LogP contribution is 2.43. The van der Waals surface area contributed by atoms with Gasteiger partial charge in [0.25, 0.3) is 0 Å². The molecule has 1 amide bonds. The van der Waals surface area contributed by atoms with Gasteiger partial charge in [-0.2, -0.15) is 0 Å². The Kier molecular flexibility index (Phi) is 2.97. The van der Waals surface area contributed by atoms with E-state index in [0.717, 1.165) is 5.69 Å². The van der Waals surface area contributed by atoms with E-state index in [1.54, 1.807) is 0 Å². The average molecular weight is 287 g/mol. The number of carbonyl (C=O) groups is 1. The topological polar surface area (TPSA) is 20.3 Å². The van der Waals surface area contributed by atoms with Crippen molar-refractivity contribution in [2.24, 2.45) is 5.92 Å². The van der Waals surface area contributed by atoms with Crippen LogP contribution in [0.5, 0.6) is 0 Å². The van der Waals surface area contributed by atoms with Crippen LogP contribution < -0.4 is 4.90 Å². The number of β-lactam (4-membered cyclic amide) rings is 1. The molecule has 0 N–H and O–H groups in total. The van der Waals surface area contributed by atoms with Crippen LogP contribution in [0.2, 0.25) is 0 Å². The van der Waals surface area contributed by atoms with Gasteiger partial charge in [-0.1, -0.05) is 67.6 Å². The second kappa shape index (κ2) is 4.99. The van der Waals surface area contributed by atoms with Gasteiger partial charge in [0.15, 0.2) is 0 Å². The zero-order chi connectivity index (χ0) is 15.1. The molecule has 0 spiro atoms. The largest absolute Gasteiger partial charge is 0.304 e. The lowest BCUT2D eigenvalue weighted by Crippen LogP contribution is -2.54. The third-order valence-electron chi connectivity index (χ3n) is 4.53. The number of amides is 1. The van der Waals surface area contributed by atoms with Crippen molar-refractivity contribution in [2.45, 2.75) is 13.0 Å². The molecule has 1 fully saturated rings. The van der Waals surface area contributed by atoms with Crippen LogP contribution in [0.1, 0.15) is 18.5 Å². The SMILES string of the molecule is C[C@H]1C(=O)N(c2ccc3ccccc3c2)[C@H]1c1ccccc1. The van der Waals surface area contributed by atoms with E-state index in [9.17, 15) is 4.79 Å². The van der Waals surface area contributed by atoms with Crippen molar-refractivity contribution in [1.82, 2.24) is 0 Å². The molecule has 108 valence electrons. The number of anilines is 1. The van der Waals surface area contributed by atoms with Crippen molar-refractivity contribution < 1.29 is 4.79 Å². The number of carbonyl (C=O) groups excluding carboxylic acids is 1. The van der Waals surface area contributed by atoms with E-state index in [4.69, 9.17) is 0 Å². The third-order valence-corrected chi connectivity index (χ3v) is 4.53. The number of nitrogens with zero attached hydrogens (tertiary/aromatic N) is 1. The molecule has 1 aliphatic heterocycles. The van der Waals surface area contributed by atoms with E-state index in [1.165, 1.54) is 16.3 Å². The van der Waals surface area contributed by atoms with Gasteiger partial charge < -0.3 is 4.90 Å². The Morgan fingerprint density at radius 1 is 0.818 bits per heavy atom. The highest BCUT2D eigenvalue weighted by molar-refractivity contribution is 6.04. The smallest absolute Gasteiger partial charge is 0.232 e. The van der Waals surface area contributed by atoms with E-state index in [2.05, 4.69) is 36.4 Å². The van der Waals surface area contributed by atoms with Gasteiger partial charge in [-0.25, -0.2) is 0 Å². The summed E-state index contributed by atoms with van der Waals surface area (Å²) in [5.74, 6) is 0.234. The Labute approximate surface area is 130 Å². The number of hydrogen-bond acceptors (Lipinski definition) is 1. The molecule has 2 atom stereocenters. The van der Waals surface area contributed by atoms with Gasteiger partial charge >= 0.3 is 0 Å².